The standard InChI is InChI=1S/C16H26O4/c1-4-8-14(12(5-2)11-18)13(6-3)16(20)15(19)9-7-10-17/h10-14H,4-9H2,1-3H3. The molecule has 4 heteroatoms. The van der Waals surface area contributed by atoms with E-state index in [0.29, 0.717) is 19.1 Å². The Bertz CT molecular complexity index is 335. The van der Waals surface area contributed by atoms with Crippen molar-refractivity contribution < 1.29 is 19.2 Å². The number of rotatable bonds is 12. The maximum Gasteiger partial charge on any atom is 0.201 e. The van der Waals surface area contributed by atoms with Gasteiger partial charge >= 0.3 is 0 Å². The van der Waals surface area contributed by atoms with Gasteiger partial charge in [-0.15, -0.1) is 0 Å². The van der Waals surface area contributed by atoms with Crippen molar-refractivity contribution in [3.05, 3.63) is 0 Å². The molecule has 4 nitrogen and oxygen atoms in total. The van der Waals surface area contributed by atoms with Crippen LogP contribution in [-0.4, -0.2) is 24.1 Å². The number of carbonyl (C=O) groups excluding carboxylic acids is 4. The lowest BCUT2D eigenvalue weighted by atomic mass is 9.74. The third-order valence-corrected chi connectivity index (χ3v) is 3.88. The Morgan fingerprint density at radius 3 is 2.10 bits per heavy atom. The molecule has 0 heterocycles. The van der Waals surface area contributed by atoms with Gasteiger partial charge < -0.3 is 9.59 Å². The molecule has 114 valence electrons. The normalized spacial score (nSPS) is 15.2. The second-order valence-electron chi connectivity index (χ2n) is 5.17. The van der Waals surface area contributed by atoms with Crippen LogP contribution in [0, 0.1) is 17.8 Å². The van der Waals surface area contributed by atoms with E-state index < -0.39 is 17.5 Å². The first-order chi connectivity index (χ1) is 9.56. The molecule has 0 aliphatic carbocycles. The van der Waals surface area contributed by atoms with E-state index in [0.717, 1.165) is 19.1 Å². The fraction of sp³-hybridized carbons (Fsp3) is 0.750. The molecule has 0 amide bonds. The highest BCUT2D eigenvalue weighted by molar-refractivity contribution is 6.38. The maximum atomic E-state index is 12.3. The van der Waals surface area contributed by atoms with Gasteiger partial charge in [0.05, 0.1) is 0 Å². The van der Waals surface area contributed by atoms with Crippen LogP contribution in [0.2, 0.25) is 0 Å². The van der Waals surface area contributed by atoms with Crippen LogP contribution >= 0.6 is 0 Å². The molecule has 0 rings (SSSR count). The minimum atomic E-state index is -0.481. The molecule has 0 saturated carbocycles. The average Bonchev–Trinajstić information content (AvgIpc) is 2.46. The van der Waals surface area contributed by atoms with Crippen molar-refractivity contribution >= 4 is 24.1 Å². The molecular weight excluding hydrogens is 256 g/mol. The maximum absolute atomic E-state index is 12.3. The van der Waals surface area contributed by atoms with E-state index in [9.17, 15) is 19.2 Å². The SMILES string of the molecule is CCCC(C(C=O)CC)C(CC)C(=O)C(=O)CCC=O. The molecule has 0 bridgehead atoms. The van der Waals surface area contributed by atoms with Crippen molar-refractivity contribution in [2.24, 2.45) is 17.8 Å². The quantitative estimate of drug-likeness (QED) is 0.408. The van der Waals surface area contributed by atoms with E-state index >= 15 is 0 Å². The zero-order valence-electron chi connectivity index (χ0n) is 12.8. The predicted octanol–water partition coefficient (Wildman–Crippen LogP) is 2.77. The number of Topliss-reactive ketones (excluding diaryl/α,β-unsaturated/α-hetero) is 2. The first-order valence-electron chi connectivity index (χ1n) is 7.53. The van der Waals surface area contributed by atoms with Gasteiger partial charge in [-0.3, -0.25) is 9.59 Å². The van der Waals surface area contributed by atoms with Gasteiger partial charge in [-0.2, -0.15) is 0 Å². The molecule has 3 unspecified atom stereocenters. The Labute approximate surface area is 121 Å². The molecule has 0 aliphatic heterocycles. The summed E-state index contributed by atoms with van der Waals surface area (Å²) in [5.74, 6) is -1.54. The highest BCUT2D eigenvalue weighted by atomic mass is 16.2. The zero-order chi connectivity index (χ0) is 15.5. The third kappa shape index (κ3) is 5.35. The van der Waals surface area contributed by atoms with Gasteiger partial charge in [0.25, 0.3) is 0 Å². The molecule has 0 aromatic carbocycles. The largest absolute Gasteiger partial charge is 0.303 e. The number of carbonyl (C=O) groups is 4. The lowest BCUT2D eigenvalue weighted by Crippen LogP contribution is -2.34. The molecule has 0 fully saturated rings. The molecule has 0 aromatic heterocycles. The molecule has 0 aromatic rings. The van der Waals surface area contributed by atoms with Gasteiger partial charge in [0.1, 0.15) is 12.6 Å². The number of hydrogen-bond donors (Lipinski definition) is 0. The Balaban J connectivity index is 5.05. The molecule has 3 atom stereocenters. The van der Waals surface area contributed by atoms with Crippen LogP contribution in [-0.2, 0) is 19.2 Å². The highest BCUT2D eigenvalue weighted by Crippen LogP contribution is 2.30. The van der Waals surface area contributed by atoms with Crippen LogP contribution in [0.3, 0.4) is 0 Å². The summed E-state index contributed by atoms with van der Waals surface area (Å²) in [5, 5.41) is 0. The van der Waals surface area contributed by atoms with E-state index in [2.05, 4.69) is 0 Å². The van der Waals surface area contributed by atoms with Crippen molar-refractivity contribution in [1.82, 2.24) is 0 Å². The zero-order valence-corrected chi connectivity index (χ0v) is 12.8. The van der Waals surface area contributed by atoms with Crippen LogP contribution in [0.25, 0.3) is 0 Å². The second kappa shape index (κ2) is 10.5. The van der Waals surface area contributed by atoms with Crippen molar-refractivity contribution in [1.29, 1.82) is 0 Å². The lowest BCUT2D eigenvalue weighted by molar-refractivity contribution is -0.141. The Hall–Kier alpha value is -1.32. The number of hydrogen-bond acceptors (Lipinski definition) is 4. The second-order valence-corrected chi connectivity index (χ2v) is 5.17. The van der Waals surface area contributed by atoms with E-state index in [-0.39, 0.29) is 24.7 Å². The Kier molecular flexibility index (Phi) is 9.77. The van der Waals surface area contributed by atoms with Crippen LogP contribution in [0.4, 0.5) is 0 Å². The van der Waals surface area contributed by atoms with Gasteiger partial charge in [-0.05, 0) is 25.2 Å². The Morgan fingerprint density at radius 2 is 1.70 bits per heavy atom. The van der Waals surface area contributed by atoms with E-state index in [1.165, 1.54) is 0 Å². The minimum Gasteiger partial charge on any atom is -0.303 e. The molecule has 20 heavy (non-hydrogen) atoms. The first-order valence-corrected chi connectivity index (χ1v) is 7.53. The van der Waals surface area contributed by atoms with Gasteiger partial charge in [-0.25, -0.2) is 0 Å². The molecule has 0 N–H and O–H groups in total. The van der Waals surface area contributed by atoms with Gasteiger partial charge in [0.15, 0.2) is 5.78 Å². The topological polar surface area (TPSA) is 68.3 Å². The molecule has 0 spiro atoms. The summed E-state index contributed by atoms with van der Waals surface area (Å²) in [6.07, 6.45) is 4.51. The third-order valence-electron chi connectivity index (χ3n) is 3.88. The average molecular weight is 282 g/mol. The Morgan fingerprint density at radius 1 is 1.05 bits per heavy atom. The summed E-state index contributed by atoms with van der Waals surface area (Å²) < 4.78 is 0. The summed E-state index contributed by atoms with van der Waals surface area (Å²) in [7, 11) is 0. The van der Waals surface area contributed by atoms with Crippen LogP contribution in [0.5, 0.6) is 0 Å². The summed E-state index contributed by atoms with van der Waals surface area (Å²) in [5.41, 5.74) is 0. The van der Waals surface area contributed by atoms with Crippen molar-refractivity contribution in [2.45, 2.75) is 59.3 Å². The van der Waals surface area contributed by atoms with E-state index in [1.54, 1.807) is 0 Å². The summed E-state index contributed by atoms with van der Waals surface area (Å²) >= 11 is 0. The first kappa shape index (κ1) is 18.7. The molecule has 0 saturated heterocycles. The van der Waals surface area contributed by atoms with Gasteiger partial charge in [0, 0.05) is 24.7 Å². The molecule has 0 aliphatic rings. The van der Waals surface area contributed by atoms with Gasteiger partial charge in [0.2, 0.25) is 5.78 Å². The fourth-order valence-electron chi connectivity index (χ4n) is 2.75. The summed E-state index contributed by atoms with van der Waals surface area (Å²) in [4.78, 5) is 45.6. The fourth-order valence-corrected chi connectivity index (χ4v) is 2.75. The summed E-state index contributed by atoms with van der Waals surface area (Å²) in [6.45, 7) is 5.80. The van der Waals surface area contributed by atoms with E-state index in [1.807, 2.05) is 20.8 Å². The smallest absolute Gasteiger partial charge is 0.201 e. The van der Waals surface area contributed by atoms with Crippen molar-refractivity contribution in [2.75, 3.05) is 0 Å². The monoisotopic (exact) mass is 282 g/mol. The van der Waals surface area contributed by atoms with Crippen molar-refractivity contribution in [3.63, 3.8) is 0 Å². The van der Waals surface area contributed by atoms with Gasteiger partial charge in [-0.1, -0.05) is 27.2 Å². The molecular formula is C16H26O4. The number of ketones is 2. The summed E-state index contributed by atoms with van der Waals surface area (Å²) in [6, 6.07) is 0. The van der Waals surface area contributed by atoms with E-state index in [4.69, 9.17) is 0 Å². The van der Waals surface area contributed by atoms with Crippen LogP contribution < -0.4 is 0 Å². The van der Waals surface area contributed by atoms with Crippen molar-refractivity contribution in [3.8, 4) is 0 Å². The lowest BCUT2D eigenvalue weighted by Gasteiger charge is -2.28. The van der Waals surface area contributed by atoms with Crippen LogP contribution in [0.15, 0.2) is 0 Å². The molecule has 0 radical (unpaired) electrons. The van der Waals surface area contributed by atoms with Crippen LogP contribution in [0.1, 0.15) is 59.3 Å². The predicted molar refractivity (Wildman–Crippen MR) is 77.3 cm³/mol. The minimum absolute atomic E-state index is 0.0183. The number of aldehydes is 2. The highest BCUT2D eigenvalue weighted by Gasteiger charge is 2.34.